The topological polar surface area (TPSA) is 29.3 Å². The average molecular weight is 266 g/mol. The first-order valence-corrected chi connectivity index (χ1v) is 8.26. The Hall–Kier alpha value is -0.0800. The van der Waals surface area contributed by atoms with Crippen LogP contribution in [0.25, 0.3) is 0 Å². The molecule has 2 fully saturated rings. The zero-order valence-corrected chi connectivity index (χ0v) is 13.7. The predicted octanol–water partition coefficient (Wildman–Crippen LogP) is 3.51. The van der Waals surface area contributed by atoms with Gasteiger partial charge in [-0.1, -0.05) is 34.6 Å². The lowest BCUT2D eigenvalue weighted by Crippen LogP contribution is -2.58. The maximum atomic E-state index is 6.26. The number of likely N-dealkylation sites (tertiary alicyclic amines) is 1. The lowest BCUT2D eigenvalue weighted by Gasteiger charge is -2.48. The Bertz CT molecular complexity index is 302. The largest absolute Gasteiger partial charge is 0.329 e. The number of hydrogen-bond donors (Lipinski definition) is 1. The maximum Gasteiger partial charge on any atom is 0.0362 e. The third kappa shape index (κ3) is 2.85. The number of rotatable bonds is 3. The summed E-state index contributed by atoms with van der Waals surface area (Å²) in [6.45, 7) is 15.4. The highest BCUT2D eigenvalue weighted by molar-refractivity contribution is 5.06. The van der Waals surface area contributed by atoms with E-state index in [-0.39, 0.29) is 5.54 Å². The van der Waals surface area contributed by atoms with Crippen molar-refractivity contribution in [1.29, 1.82) is 0 Å². The summed E-state index contributed by atoms with van der Waals surface area (Å²) < 4.78 is 0. The minimum Gasteiger partial charge on any atom is -0.329 e. The average Bonchev–Trinajstić information content (AvgIpc) is 2.59. The second kappa shape index (κ2) is 5.37. The molecule has 1 aliphatic carbocycles. The van der Waals surface area contributed by atoms with Gasteiger partial charge in [0.25, 0.3) is 0 Å². The maximum absolute atomic E-state index is 6.26. The van der Waals surface area contributed by atoms with Gasteiger partial charge in [-0.2, -0.15) is 0 Å². The van der Waals surface area contributed by atoms with E-state index in [2.05, 4.69) is 39.5 Å². The van der Waals surface area contributed by atoms with Gasteiger partial charge < -0.3 is 5.73 Å². The number of piperidine rings is 1. The molecule has 0 amide bonds. The first-order valence-electron chi connectivity index (χ1n) is 8.26. The Morgan fingerprint density at radius 2 is 1.79 bits per heavy atom. The molecule has 2 aliphatic rings. The van der Waals surface area contributed by atoms with E-state index in [0.29, 0.717) is 5.41 Å². The summed E-state index contributed by atoms with van der Waals surface area (Å²) in [5.74, 6) is 2.51. The highest BCUT2D eigenvalue weighted by atomic mass is 15.2. The Labute approximate surface area is 120 Å². The molecule has 0 aromatic heterocycles. The van der Waals surface area contributed by atoms with E-state index in [9.17, 15) is 0 Å². The van der Waals surface area contributed by atoms with E-state index in [0.717, 1.165) is 24.3 Å². The molecule has 0 radical (unpaired) electrons. The van der Waals surface area contributed by atoms with E-state index < -0.39 is 0 Å². The lowest BCUT2D eigenvalue weighted by molar-refractivity contribution is 0.0205. The van der Waals surface area contributed by atoms with Crippen molar-refractivity contribution in [2.24, 2.45) is 28.9 Å². The molecule has 2 N–H and O–H groups in total. The number of nitrogens with zero attached hydrogens (tertiary/aromatic N) is 1. The molecule has 1 saturated carbocycles. The molecule has 112 valence electrons. The van der Waals surface area contributed by atoms with E-state index in [1.165, 1.54) is 38.8 Å². The fourth-order valence-electron chi connectivity index (χ4n) is 4.93. The van der Waals surface area contributed by atoms with Gasteiger partial charge in [0.05, 0.1) is 0 Å². The molecule has 2 rings (SSSR count). The smallest absolute Gasteiger partial charge is 0.0362 e. The van der Waals surface area contributed by atoms with Crippen molar-refractivity contribution in [3.63, 3.8) is 0 Å². The molecule has 1 aliphatic heterocycles. The summed E-state index contributed by atoms with van der Waals surface area (Å²) in [6, 6.07) is 0. The Morgan fingerprint density at radius 3 is 2.16 bits per heavy atom. The molecule has 0 bridgehead atoms. The first-order chi connectivity index (χ1) is 8.81. The van der Waals surface area contributed by atoms with E-state index in [1.54, 1.807) is 0 Å². The van der Waals surface area contributed by atoms with Gasteiger partial charge in [-0.3, -0.25) is 4.90 Å². The van der Waals surface area contributed by atoms with Gasteiger partial charge in [0, 0.05) is 12.1 Å². The fourth-order valence-corrected chi connectivity index (χ4v) is 4.93. The highest BCUT2D eigenvalue weighted by Gasteiger charge is 2.51. The van der Waals surface area contributed by atoms with Crippen molar-refractivity contribution >= 4 is 0 Å². The normalized spacial score (nSPS) is 37.1. The van der Waals surface area contributed by atoms with Gasteiger partial charge in [-0.15, -0.1) is 0 Å². The van der Waals surface area contributed by atoms with Gasteiger partial charge >= 0.3 is 0 Å². The molecule has 1 saturated heterocycles. The molecule has 19 heavy (non-hydrogen) atoms. The van der Waals surface area contributed by atoms with Crippen LogP contribution >= 0.6 is 0 Å². The number of hydrogen-bond acceptors (Lipinski definition) is 2. The second-order valence-corrected chi connectivity index (χ2v) is 8.32. The van der Waals surface area contributed by atoms with Crippen LogP contribution < -0.4 is 5.73 Å². The van der Waals surface area contributed by atoms with Gasteiger partial charge in [0.15, 0.2) is 0 Å². The zero-order valence-electron chi connectivity index (χ0n) is 13.7. The highest BCUT2D eigenvalue weighted by Crippen LogP contribution is 2.50. The SMILES string of the molecule is CC(C)C1CCN(C2(CN)CC(C)(C)CC2C)CC1. The van der Waals surface area contributed by atoms with Crippen molar-refractivity contribution in [3.8, 4) is 0 Å². The quantitative estimate of drug-likeness (QED) is 0.847. The fraction of sp³-hybridized carbons (Fsp3) is 1.00. The third-order valence-corrected chi connectivity index (χ3v) is 6.03. The van der Waals surface area contributed by atoms with Gasteiger partial charge in [-0.25, -0.2) is 0 Å². The van der Waals surface area contributed by atoms with Gasteiger partial charge in [0.1, 0.15) is 0 Å². The molecule has 2 heteroatoms. The molecular formula is C17H34N2. The number of nitrogens with two attached hydrogens (primary N) is 1. The summed E-state index contributed by atoms with van der Waals surface area (Å²) in [7, 11) is 0. The minimum atomic E-state index is 0.283. The molecule has 2 unspecified atom stereocenters. The molecule has 2 atom stereocenters. The van der Waals surface area contributed by atoms with E-state index in [1.807, 2.05) is 0 Å². The van der Waals surface area contributed by atoms with E-state index in [4.69, 9.17) is 5.73 Å². The van der Waals surface area contributed by atoms with Crippen LogP contribution in [0.15, 0.2) is 0 Å². The molecule has 1 heterocycles. The Kier molecular flexibility index (Phi) is 4.32. The standard InChI is InChI=1S/C17H34N2/c1-13(2)15-6-8-19(9-7-15)17(12-18)11-16(4,5)10-14(17)3/h13-15H,6-12,18H2,1-5H3. The van der Waals surface area contributed by atoms with Gasteiger partial charge in [-0.05, 0) is 61.9 Å². The summed E-state index contributed by atoms with van der Waals surface area (Å²) in [6.07, 6.45) is 5.34. The van der Waals surface area contributed by atoms with Crippen LogP contribution in [0.3, 0.4) is 0 Å². The molecule has 0 aromatic rings. The van der Waals surface area contributed by atoms with Crippen molar-refractivity contribution in [1.82, 2.24) is 4.90 Å². The van der Waals surface area contributed by atoms with Crippen LogP contribution in [-0.2, 0) is 0 Å². The molecule has 0 spiro atoms. The Balaban J connectivity index is 2.08. The summed E-state index contributed by atoms with van der Waals surface area (Å²) in [5, 5.41) is 0. The summed E-state index contributed by atoms with van der Waals surface area (Å²) >= 11 is 0. The van der Waals surface area contributed by atoms with Crippen LogP contribution in [0, 0.1) is 23.2 Å². The molecule has 2 nitrogen and oxygen atoms in total. The minimum absolute atomic E-state index is 0.283. The lowest BCUT2D eigenvalue weighted by atomic mass is 9.80. The van der Waals surface area contributed by atoms with Crippen molar-refractivity contribution in [2.75, 3.05) is 19.6 Å². The first kappa shape index (κ1) is 15.3. The zero-order chi connectivity index (χ0) is 14.3. The Morgan fingerprint density at radius 1 is 1.21 bits per heavy atom. The van der Waals surface area contributed by atoms with Crippen molar-refractivity contribution in [2.45, 2.75) is 65.8 Å². The van der Waals surface area contributed by atoms with Crippen LogP contribution in [0.4, 0.5) is 0 Å². The second-order valence-electron chi connectivity index (χ2n) is 8.32. The summed E-state index contributed by atoms with van der Waals surface area (Å²) in [5.41, 5.74) is 7.01. The van der Waals surface area contributed by atoms with Crippen LogP contribution in [-0.4, -0.2) is 30.1 Å². The molecule has 0 aromatic carbocycles. The van der Waals surface area contributed by atoms with Crippen LogP contribution in [0.2, 0.25) is 0 Å². The van der Waals surface area contributed by atoms with Crippen molar-refractivity contribution < 1.29 is 0 Å². The van der Waals surface area contributed by atoms with Crippen molar-refractivity contribution in [3.05, 3.63) is 0 Å². The van der Waals surface area contributed by atoms with Crippen LogP contribution in [0.5, 0.6) is 0 Å². The van der Waals surface area contributed by atoms with Gasteiger partial charge in [0.2, 0.25) is 0 Å². The predicted molar refractivity (Wildman–Crippen MR) is 83.1 cm³/mol. The van der Waals surface area contributed by atoms with E-state index >= 15 is 0 Å². The monoisotopic (exact) mass is 266 g/mol. The third-order valence-electron chi connectivity index (χ3n) is 6.03. The molecular weight excluding hydrogens is 232 g/mol. The summed E-state index contributed by atoms with van der Waals surface area (Å²) in [4.78, 5) is 2.76. The van der Waals surface area contributed by atoms with Crippen LogP contribution in [0.1, 0.15) is 60.3 Å².